The molecule has 3 nitrogen and oxygen atoms in total. The summed E-state index contributed by atoms with van der Waals surface area (Å²) < 4.78 is 1.81. The van der Waals surface area contributed by atoms with Crippen LogP contribution in [0.4, 0.5) is 0 Å². The van der Waals surface area contributed by atoms with E-state index in [1.807, 2.05) is 19.4 Å². The van der Waals surface area contributed by atoms with Crippen molar-refractivity contribution in [2.24, 2.45) is 13.0 Å². The van der Waals surface area contributed by atoms with E-state index in [-0.39, 0.29) is 6.10 Å². The van der Waals surface area contributed by atoms with Crippen molar-refractivity contribution >= 4 is 0 Å². The van der Waals surface area contributed by atoms with Crippen LogP contribution in [0.2, 0.25) is 0 Å². The van der Waals surface area contributed by atoms with E-state index in [0.717, 1.165) is 12.0 Å². The van der Waals surface area contributed by atoms with Gasteiger partial charge in [-0.3, -0.25) is 4.68 Å². The monoisotopic (exact) mass is 236 g/mol. The first kappa shape index (κ1) is 12.6. The lowest BCUT2D eigenvalue weighted by Crippen LogP contribution is -2.23. The van der Waals surface area contributed by atoms with Gasteiger partial charge in [-0.15, -0.1) is 0 Å². The zero-order valence-corrected chi connectivity index (χ0v) is 10.8. The molecule has 1 fully saturated rings. The lowest BCUT2D eigenvalue weighted by Gasteiger charge is -2.24. The Kier molecular flexibility index (Phi) is 4.60. The molecule has 2 rings (SSSR count). The third-order valence-corrected chi connectivity index (χ3v) is 3.90. The Morgan fingerprint density at radius 3 is 2.53 bits per heavy atom. The zero-order chi connectivity index (χ0) is 12.1. The van der Waals surface area contributed by atoms with Crippen molar-refractivity contribution in [2.45, 2.75) is 57.5 Å². The molecule has 3 heteroatoms. The maximum Gasteiger partial charge on any atom is 0.0609 e. The second-order valence-corrected chi connectivity index (χ2v) is 5.40. The van der Waals surface area contributed by atoms with Gasteiger partial charge in [0.25, 0.3) is 0 Å². The standard InChI is InChI=1S/C14H24N2O/c1-16-11-12(10-15-16)9-14(17)13-7-5-3-2-4-6-8-13/h10-11,13-14,17H,2-9H2,1H3. The molecule has 1 heterocycles. The van der Waals surface area contributed by atoms with Crippen LogP contribution in [0.5, 0.6) is 0 Å². The molecule has 1 aliphatic rings. The Balaban J connectivity index is 1.86. The molecule has 0 aromatic carbocycles. The van der Waals surface area contributed by atoms with Crippen LogP contribution in [-0.2, 0) is 13.5 Å². The minimum atomic E-state index is -0.183. The Bertz CT molecular complexity index is 327. The van der Waals surface area contributed by atoms with Crippen LogP contribution >= 0.6 is 0 Å². The molecule has 17 heavy (non-hydrogen) atoms. The van der Waals surface area contributed by atoms with E-state index in [9.17, 15) is 5.11 Å². The van der Waals surface area contributed by atoms with E-state index in [4.69, 9.17) is 0 Å². The largest absolute Gasteiger partial charge is 0.392 e. The number of hydrogen-bond donors (Lipinski definition) is 1. The highest BCUT2D eigenvalue weighted by atomic mass is 16.3. The van der Waals surface area contributed by atoms with Gasteiger partial charge in [-0.1, -0.05) is 32.1 Å². The third-order valence-electron chi connectivity index (χ3n) is 3.90. The van der Waals surface area contributed by atoms with Crippen molar-refractivity contribution in [3.05, 3.63) is 18.0 Å². The first-order chi connectivity index (χ1) is 8.25. The predicted molar refractivity (Wildman–Crippen MR) is 68.7 cm³/mol. The minimum absolute atomic E-state index is 0.183. The van der Waals surface area contributed by atoms with Crippen molar-refractivity contribution in [1.82, 2.24) is 9.78 Å². The maximum atomic E-state index is 10.3. The normalized spacial score (nSPS) is 20.8. The van der Waals surface area contributed by atoms with Gasteiger partial charge in [0.05, 0.1) is 12.3 Å². The Morgan fingerprint density at radius 2 is 1.94 bits per heavy atom. The van der Waals surface area contributed by atoms with Gasteiger partial charge in [0.2, 0.25) is 0 Å². The molecule has 1 atom stereocenters. The summed E-state index contributed by atoms with van der Waals surface area (Å²) in [6, 6.07) is 0. The van der Waals surface area contributed by atoms with Gasteiger partial charge in [0.1, 0.15) is 0 Å². The van der Waals surface area contributed by atoms with Crippen molar-refractivity contribution in [1.29, 1.82) is 0 Å². The van der Waals surface area contributed by atoms with E-state index >= 15 is 0 Å². The summed E-state index contributed by atoms with van der Waals surface area (Å²) in [6.45, 7) is 0. The van der Waals surface area contributed by atoms with E-state index in [0.29, 0.717) is 5.92 Å². The van der Waals surface area contributed by atoms with Crippen LogP contribution in [0.25, 0.3) is 0 Å². The average molecular weight is 236 g/mol. The number of rotatable bonds is 3. The van der Waals surface area contributed by atoms with Gasteiger partial charge >= 0.3 is 0 Å². The van der Waals surface area contributed by atoms with Gasteiger partial charge in [-0.2, -0.15) is 5.10 Å². The Hall–Kier alpha value is -0.830. The maximum absolute atomic E-state index is 10.3. The summed E-state index contributed by atoms with van der Waals surface area (Å²) in [5.41, 5.74) is 1.15. The molecule has 1 unspecified atom stereocenters. The fourth-order valence-electron chi connectivity index (χ4n) is 2.86. The molecule has 1 aliphatic carbocycles. The van der Waals surface area contributed by atoms with Crippen molar-refractivity contribution in [3.8, 4) is 0 Å². The molecule has 1 aromatic rings. The molecular weight excluding hydrogens is 212 g/mol. The zero-order valence-electron chi connectivity index (χ0n) is 10.8. The summed E-state index contributed by atoms with van der Waals surface area (Å²) in [5.74, 6) is 0.496. The van der Waals surface area contributed by atoms with Crippen LogP contribution in [0.15, 0.2) is 12.4 Å². The smallest absolute Gasteiger partial charge is 0.0609 e. The van der Waals surface area contributed by atoms with E-state index in [1.165, 1.54) is 44.9 Å². The topological polar surface area (TPSA) is 38.0 Å². The van der Waals surface area contributed by atoms with Crippen LogP contribution < -0.4 is 0 Å². The molecule has 1 N–H and O–H groups in total. The molecule has 0 saturated heterocycles. The number of aryl methyl sites for hydroxylation is 1. The first-order valence-corrected chi connectivity index (χ1v) is 6.91. The summed E-state index contributed by atoms with van der Waals surface area (Å²) in [7, 11) is 1.92. The van der Waals surface area contributed by atoms with Crippen LogP contribution in [0.3, 0.4) is 0 Å². The van der Waals surface area contributed by atoms with E-state index in [1.54, 1.807) is 4.68 Å². The highest BCUT2D eigenvalue weighted by Gasteiger charge is 2.20. The third kappa shape index (κ3) is 3.84. The predicted octanol–water partition coefficient (Wildman–Crippen LogP) is 2.68. The van der Waals surface area contributed by atoms with Gasteiger partial charge in [-0.05, 0) is 24.3 Å². The molecule has 0 aliphatic heterocycles. The number of aliphatic hydroxyl groups excluding tert-OH is 1. The molecule has 1 aromatic heterocycles. The van der Waals surface area contributed by atoms with E-state index < -0.39 is 0 Å². The number of aliphatic hydroxyl groups is 1. The number of aromatic nitrogens is 2. The molecule has 0 amide bonds. The fraction of sp³-hybridized carbons (Fsp3) is 0.786. The molecular formula is C14H24N2O. The molecule has 0 radical (unpaired) electrons. The quantitative estimate of drug-likeness (QED) is 0.876. The molecule has 0 bridgehead atoms. The molecule has 1 saturated carbocycles. The summed E-state index contributed by atoms with van der Waals surface area (Å²) in [5, 5.41) is 14.5. The van der Waals surface area contributed by atoms with Crippen LogP contribution in [0, 0.1) is 5.92 Å². The summed E-state index contributed by atoms with van der Waals surface area (Å²) in [6.07, 6.45) is 13.5. The molecule has 0 spiro atoms. The minimum Gasteiger partial charge on any atom is -0.392 e. The second-order valence-electron chi connectivity index (χ2n) is 5.40. The lowest BCUT2D eigenvalue weighted by molar-refractivity contribution is 0.0913. The van der Waals surface area contributed by atoms with Crippen LogP contribution in [-0.4, -0.2) is 21.0 Å². The van der Waals surface area contributed by atoms with Gasteiger partial charge in [-0.25, -0.2) is 0 Å². The van der Waals surface area contributed by atoms with Gasteiger partial charge in [0.15, 0.2) is 0 Å². The van der Waals surface area contributed by atoms with Crippen LogP contribution in [0.1, 0.15) is 50.5 Å². The Labute approximate surface area is 104 Å². The lowest BCUT2D eigenvalue weighted by atomic mass is 9.85. The number of nitrogens with zero attached hydrogens (tertiary/aromatic N) is 2. The van der Waals surface area contributed by atoms with E-state index in [2.05, 4.69) is 5.10 Å². The SMILES string of the molecule is Cn1cc(CC(O)C2CCCCCCC2)cn1. The van der Waals surface area contributed by atoms with Gasteiger partial charge < -0.3 is 5.11 Å². The van der Waals surface area contributed by atoms with Crippen molar-refractivity contribution in [2.75, 3.05) is 0 Å². The number of hydrogen-bond acceptors (Lipinski definition) is 2. The Morgan fingerprint density at radius 1 is 1.29 bits per heavy atom. The summed E-state index contributed by atoms with van der Waals surface area (Å²) in [4.78, 5) is 0. The highest BCUT2D eigenvalue weighted by molar-refractivity contribution is 5.05. The van der Waals surface area contributed by atoms with Crippen molar-refractivity contribution < 1.29 is 5.11 Å². The fourth-order valence-corrected chi connectivity index (χ4v) is 2.86. The second kappa shape index (κ2) is 6.20. The van der Waals surface area contributed by atoms with Gasteiger partial charge in [0, 0.05) is 19.7 Å². The van der Waals surface area contributed by atoms with Crippen molar-refractivity contribution in [3.63, 3.8) is 0 Å². The highest BCUT2D eigenvalue weighted by Crippen LogP contribution is 2.26. The molecule has 96 valence electrons. The average Bonchev–Trinajstić information content (AvgIpc) is 2.63. The first-order valence-electron chi connectivity index (χ1n) is 6.91. The summed E-state index contributed by atoms with van der Waals surface area (Å²) >= 11 is 0.